The lowest BCUT2D eigenvalue weighted by atomic mass is 9.86. The van der Waals surface area contributed by atoms with Gasteiger partial charge < -0.3 is 15.0 Å². The molecule has 2 fully saturated rings. The maximum absolute atomic E-state index is 12.9. The highest BCUT2D eigenvalue weighted by molar-refractivity contribution is 6.05. The second kappa shape index (κ2) is 7.97. The first-order valence-electron chi connectivity index (χ1n) is 11.2. The molecule has 0 unspecified atom stereocenters. The van der Waals surface area contributed by atoms with Crippen molar-refractivity contribution < 1.29 is 14.3 Å². The van der Waals surface area contributed by atoms with E-state index in [9.17, 15) is 9.59 Å². The van der Waals surface area contributed by atoms with Gasteiger partial charge in [-0.2, -0.15) is 0 Å². The van der Waals surface area contributed by atoms with Crippen LogP contribution in [-0.4, -0.2) is 44.6 Å². The molecule has 5 rings (SSSR count). The summed E-state index contributed by atoms with van der Waals surface area (Å²) < 4.78 is 5.77. The Morgan fingerprint density at radius 3 is 2.62 bits per heavy atom. The van der Waals surface area contributed by atoms with Gasteiger partial charge in [0.1, 0.15) is 11.2 Å². The van der Waals surface area contributed by atoms with Gasteiger partial charge in [0.25, 0.3) is 5.91 Å². The van der Waals surface area contributed by atoms with Gasteiger partial charge >= 0.3 is 6.09 Å². The summed E-state index contributed by atoms with van der Waals surface area (Å²) >= 11 is 0. The number of hydrogen-bond donors (Lipinski definition) is 2. The van der Waals surface area contributed by atoms with E-state index in [4.69, 9.17) is 4.74 Å². The molecule has 3 aromatic rings. The van der Waals surface area contributed by atoms with Crippen molar-refractivity contribution in [3.8, 4) is 0 Å². The van der Waals surface area contributed by atoms with Crippen molar-refractivity contribution in [1.29, 1.82) is 0 Å². The maximum Gasteiger partial charge on any atom is 0.411 e. The molecule has 3 heterocycles. The lowest BCUT2D eigenvalue weighted by Gasteiger charge is -2.38. The van der Waals surface area contributed by atoms with Crippen molar-refractivity contribution >= 4 is 23.0 Å². The van der Waals surface area contributed by atoms with Gasteiger partial charge in [-0.25, -0.2) is 9.78 Å². The number of nitrogens with zero attached hydrogens (tertiary/aromatic N) is 2. The summed E-state index contributed by atoms with van der Waals surface area (Å²) in [4.78, 5) is 35.0. The van der Waals surface area contributed by atoms with Crippen molar-refractivity contribution in [2.75, 3.05) is 0 Å². The molecule has 0 bridgehead atoms. The van der Waals surface area contributed by atoms with Gasteiger partial charge in [-0.15, -0.1) is 0 Å². The average molecular weight is 433 g/mol. The van der Waals surface area contributed by atoms with E-state index in [0.29, 0.717) is 11.2 Å². The maximum atomic E-state index is 12.9. The molecule has 0 spiro atoms. The van der Waals surface area contributed by atoms with E-state index in [1.54, 1.807) is 18.5 Å². The Labute approximate surface area is 187 Å². The highest BCUT2D eigenvalue weighted by Crippen LogP contribution is 2.44. The monoisotopic (exact) mass is 432 g/mol. The molecule has 0 radical (unpaired) electrons. The van der Waals surface area contributed by atoms with Crippen molar-refractivity contribution in [2.45, 2.75) is 63.3 Å². The smallest absolute Gasteiger partial charge is 0.411 e. The van der Waals surface area contributed by atoms with E-state index < -0.39 is 5.60 Å². The number of aromatic nitrogens is 2. The zero-order chi connectivity index (χ0) is 22.3. The minimum atomic E-state index is -0.590. The van der Waals surface area contributed by atoms with Crippen molar-refractivity contribution in [3.63, 3.8) is 0 Å². The molecule has 166 valence electrons. The molecule has 2 aliphatic rings. The zero-order valence-corrected chi connectivity index (χ0v) is 18.4. The van der Waals surface area contributed by atoms with Gasteiger partial charge in [-0.05, 0) is 57.2 Å². The Morgan fingerprint density at radius 2 is 1.88 bits per heavy atom. The molecule has 1 atom stereocenters. The van der Waals surface area contributed by atoms with Gasteiger partial charge in [-0.1, -0.05) is 30.3 Å². The van der Waals surface area contributed by atoms with E-state index in [2.05, 4.69) is 27.4 Å². The van der Waals surface area contributed by atoms with Crippen LogP contribution in [0.25, 0.3) is 11.0 Å². The number of nitrogens with one attached hydrogen (secondary N) is 2. The SMILES string of the molecule is CC1(C)OC(=O)N([C@H]2CC[C@H](NC(=O)c3ccnc4[nH]ccc34)CC2)[C@H]1c1ccccc1. The Bertz CT molecular complexity index is 1130. The fraction of sp³-hybridized carbons (Fsp3) is 0.400. The summed E-state index contributed by atoms with van der Waals surface area (Å²) in [6.45, 7) is 3.95. The molecule has 1 aliphatic heterocycles. The van der Waals surface area contributed by atoms with Crippen molar-refractivity contribution in [3.05, 3.63) is 66.0 Å². The minimum absolute atomic E-state index is 0.0793. The Hall–Kier alpha value is -3.35. The highest BCUT2D eigenvalue weighted by Gasteiger charge is 2.51. The summed E-state index contributed by atoms with van der Waals surface area (Å²) in [6, 6.07) is 13.8. The number of ether oxygens (including phenoxy) is 1. The number of amides is 2. The lowest BCUT2D eigenvalue weighted by Crippen LogP contribution is -2.46. The first-order valence-corrected chi connectivity index (χ1v) is 11.2. The number of fused-ring (bicyclic) bond motifs is 1. The van der Waals surface area contributed by atoms with Crippen LogP contribution >= 0.6 is 0 Å². The van der Waals surface area contributed by atoms with Crippen LogP contribution in [0.1, 0.15) is 61.5 Å². The molecule has 2 aromatic heterocycles. The molecule has 32 heavy (non-hydrogen) atoms. The number of carbonyl (C=O) groups excluding carboxylic acids is 2. The van der Waals surface area contributed by atoms with E-state index in [-0.39, 0.29) is 30.1 Å². The van der Waals surface area contributed by atoms with Crippen LogP contribution < -0.4 is 5.32 Å². The third-order valence-corrected chi connectivity index (χ3v) is 6.74. The largest absolute Gasteiger partial charge is 0.441 e. The van der Waals surface area contributed by atoms with Gasteiger partial charge in [-0.3, -0.25) is 9.69 Å². The van der Waals surface area contributed by atoms with E-state index in [1.165, 1.54) is 0 Å². The van der Waals surface area contributed by atoms with Crippen molar-refractivity contribution in [2.24, 2.45) is 0 Å². The second-order valence-corrected chi connectivity index (χ2v) is 9.27. The first kappa shape index (κ1) is 20.5. The van der Waals surface area contributed by atoms with Crippen LogP contribution in [0.4, 0.5) is 4.79 Å². The van der Waals surface area contributed by atoms with Gasteiger partial charge in [0.05, 0.1) is 11.6 Å². The predicted octanol–water partition coefficient (Wildman–Crippen LogP) is 4.58. The molecule has 2 N–H and O–H groups in total. The summed E-state index contributed by atoms with van der Waals surface area (Å²) in [7, 11) is 0. The minimum Gasteiger partial charge on any atom is -0.441 e. The number of rotatable bonds is 4. The normalized spacial score (nSPS) is 25.0. The van der Waals surface area contributed by atoms with E-state index >= 15 is 0 Å². The summed E-state index contributed by atoms with van der Waals surface area (Å²) in [5.74, 6) is -0.0793. The van der Waals surface area contributed by atoms with Gasteiger partial charge in [0, 0.05) is 29.9 Å². The Morgan fingerprint density at radius 1 is 1.12 bits per heavy atom. The third kappa shape index (κ3) is 3.61. The number of aromatic amines is 1. The molecule has 1 aromatic carbocycles. The Kier molecular flexibility index (Phi) is 5.12. The fourth-order valence-corrected chi connectivity index (χ4v) is 5.25. The molecular weight excluding hydrogens is 404 g/mol. The number of pyridine rings is 1. The number of carbonyl (C=O) groups is 2. The quantitative estimate of drug-likeness (QED) is 0.632. The molecule has 1 aliphatic carbocycles. The van der Waals surface area contributed by atoms with E-state index in [1.807, 2.05) is 43.0 Å². The van der Waals surface area contributed by atoms with Gasteiger partial charge in [0.2, 0.25) is 0 Å². The average Bonchev–Trinajstić information content (AvgIpc) is 3.35. The van der Waals surface area contributed by atoms with Crippen molar-refractivity contribution in [1.82, 2.24) is 20.2 Å². The predicted molar refractivity (Wildman–Crippen MR) is 121 cm³/mol. The molecule has 2 amide bonds. The van der Waals surface area contributed by atoms with E-state index in [0.717, 1.165) is 36.6 Å². The van der Waals surface area contributed by atoms with Crippen LogP contribution in [-0.2, 0) is 4.74 Å². The van der Waals surface area contributed by atoms with Crippen LogP contribution in [0.2, 0.25) is 0 Å². The fourth-order valence-electron chi connectivity index (χ4n) is 5.25. The summed E-state index contributed by atoms with van der Waals surface area (Å²) in [5, 5.41) is 4.01. The van der Waals surface area contributed by atoms with Gasteiger partial charge in [0.15, 0.2) is 0 Å². The highest BCUT2D eigenvalue weighted by atomic mass is 16.6. The molecule has 7 heteroatoms. The molecule has 7 nitrogen and oxygen atoms in total. The lowest BCUT2D eigenvalue weighted by molar-refractivity contribution is 0.0663. The second-order valence-electron chi connectivity index (χ2n) is 9.27. The van der Waals surface area contributed by atoms with Crippen LogP contribution in [0, 0.1) is 0 Å². The molecular formula is C25H28N4O3. The third-order valence-electron chi connectivity index (χ3n) is 6.74. The standard InChI is InChI=1S/C25H28N4O3/c1-25(2)21(16-6-4-3-5-7-16)29(24(31)32-25)18-10-8-17(9-11-18)28-23(30)20-13-15-27-22-19(20)12-14-26-22/h3-7,12-15,17-18,21H,8-11H2,1-2H3,(H,26,27)(H,28,30)/t17-,18-,21-/m0/s1. The summed E-state index contributed by atoms with van der Waals surface area (Å²) in [6.07, 6.45) is 6.50. The topological polar surface area (TPSA) is 87.3 Å². The number of hydrogen-bond acceptors (Lipinski definition) is 4. The zero-order valence-electron chi connectivity index (χ0n) is 18.4. The van der Waals surface area contributed by atoms with Crippen LogP contribution in [0.3, 0.4) is 0 Å². The van der Waals surface area contributed by atoms with Crippen LogP contribution in [0.5, 0.6) is 0 Å². The number of benzene rings is 1. The van der Waals surface area contributed by atoms with Crippen LogP contribution in [0.15, 0.2) is 54.9 Å². The first-order chi connectivity index (χ1) is 15.4. The number of cyclic esters (lactones) is 1. The number of H-pyrrole nitrogens is 1. The Balaban J connectivity index is 1.27. The molecule has 1 saturated heterocycles. The summed E-state index contributed by atoms with van der Waals surface area (Å²) in [5.41, 5.74) is 1.84. The molecule has 1 saturated carbocycles.